The third kappa shape index (κ3) is 15.8. The Bertz CT molecular complexity index is 258. The van der Waals surface area contributed by atoms with Gasteiger partial charge in [-0.1, -0.05) is 57.9 Å². The zero-order chi connectivity index (χ0) is 16.3. The smallest absolute Gasteiger partial charge is 0.0808 e. The van der Waals surface area contributed by atoms with Gasteiger partial charge < -0.3 is 9.47 Å². The van der Waals surface area contributed by atoms with Gasteiger partial charge in [-0.05, 0) is 44.9 Å². The van der Waals surface area contributed by atoms with Crippen LogP contribution in [0.5, 0.6) is 0 Å². The Hall–Kier alpha value is -0.600. The van der Waals surface area contributed by atoms with Crippen molar-refractivity contribution in [2.75, 3.05) is 19.8 Å². The van der Waals surface area contributed by atoms with E-state index >= 15 is 0 Å². The first-order chi connectivity index (χ1) is 10.8. The van der Waals surface area contributed by atoms with Gasteiger partial charge >= 0.3 is 0 Å². The minimum atomic E-state index is 0.279. The second kappa shape index (κ2) is 18.4. The van der Waals surface area contributed by atoms with Crippen LogP contribution in [0.25, 0.3) is 0 Å². The van der Waals surface area contributed by atoms with Crippen molar-refractivity contribution in [1.29, 1.82) is 0 Å². The molecule has 0 saturated carbocycles. The number of rotatable bonds is 16. The van der Waals surface area contributed by atoms with Gasteiger partial charge in [0.25, 0.3) is 0 Å². The molecular weight excluding hydrogens is 272 g/mol. The highest BCUT2D eigenvalue weighted by Crippen LogP contribution is 2.08. The summed E-state index contributed by atoms with van der Waals surface area (Å²) in [5.74, 6) is 0. The quantitative estimate of drug-likeness (QED) is 0.254. The van der Waals surface area contributed by atoms with Crippen LogP contribution in [-0.2, 0) is 9.47 Å². The Balaban J connectivity index is 3.68. The van der Waals surface area contributed by atoms with Crippen molar-refractivity contribution in [3.8, 4) is 0 Å². The van der Waals surface area contributed by atoms with E-state index in [-0.39, 0.29) is 6.10 Å². The summed E-state index contributed by atoms with van der Waals surface area (Å²) in [6.45, 7) is 9.02. The Morgan fingerprint density at radius 1 is 0.773 bits per heavy atom. The van der Waals surface area contributed by atoms with E-state index in [9.17, 15) is 0 Å². The molecule has 0 aliphatic heterocycles. The molecule has 0 bridgehead atoms. The topological polar surface area (TPSA) is 18.5 Å². The van der Waals surface area contributed by atoms with Gasteiger partial charge in [-0.3, -0.25) is 0 Å². The Morgan fingerprint density at radius 2 is 1.41 bits per heavy atom. The van der Waals surface area contributed by atoms with Crippen molar-refractivity contribution >= 4 is 0 Å². The van der Waals surface area contributed by atoms with E-state index in [0.29, 0.717) is 0 Å². The van der Waals surface area contributed by atoms with Crippen LogP contribution in [0.4, 0.5) is 0 Å². The molecule has 0 fully saturated rings. The summed E-state index contributed by atoms with van der Waals surface area (Å²) >= 11 is 0. The number of ether oxygens (including phenoxy) is 2. The molecular formula is C20H38O2. The molecule has 22 heavy (non-hydrogen) atoms. The van der Waals surface area contributed by atoms with Crippen molar-refractivity contribution < 1.29 is 9.47 Å². The van der Waals surface area contributed by atoms with Crippen LogP contribution in [-0.4, -0.2) is 25.9 Å². The van der Waals surface area contributed by atoms with Crippen molar-refractivity contribution in [3.63, 3.8) is 0 Å². The zero-order valence-electron chi connectivity index (χ0n) is 15.2. The number of hydrogen-bond donors (Lipinski definition) is 0. The highest BCUT2D eigenvalue weighted by atomic mass is 16.5. The summed E-state index contributed by atoms with van der Waals surface area (Å²) in [4.78, 5) is 0. The summed E-state index contributed by atoms with van der Waals surface area (Å²) in [7, 11) is 0. The summed E-state index contributed by atoms with van der Waals surface area (Å²) in [5.41, 5.74) is 0. The van der Waals surface area contributed by atoms with E-state index in [1.54, 1.807) is 0 Å². The number of hydrogen-bond acceptors (Lipinski definition) is 2. The highest BCUT2D eigenvalue weighted by Gasteiger charge is 2.08. The van der Waals surface area contributed by atoms with Gasteiger partial charge in [0.05, 0.1) is 12.7 Å². The Labute approximate surface area is 139 Å². The molecule has 1 atom stereocenters. The third-order valence-electron chi connectivity index (χ3n) is 3.52. The van der Waals surface area contributed by atoms with Gasteiger partial charge in [-0.25, -0.2) is 0 Å². The van der Waals surface area contributed by atoms with Crippen LogP contribution in [0, 0.1) is 0 Å². The molecule has 0 heterocycles. The largest absolute Gasteiger partial charge is 0.379 e. The molecule has 0 saturated heterocycles. The van der Waals surface area contributed by atoms with E-state index in [0.717, 1.165) is 64.8 Å². The van der Waals surface area contributed by atoms with Gasteiger partial charge in [-0.15, -0.1) is 0 Å². The molecule has 2 nitrogen and oxygen atoms in total. The summed E-state index contributed by atoms with van der Waals surface area (Å²) < 4.78 is 11.8. The molecule has 0 aromatic carbocycles. The molecule has 0 spiro atoms. The maximum Gasteiger partial charge on any atom is 0.0808 e. The van der Waals surface area contributed by atoms with Crippen LogP contribution < -0.4 is 0 Å². The first-order valence-corrected chi connectivity index (χ1v) is 9.34. The van der Waals surface area contributed by atoms with E-state index in [1.807, 2.05) is 0 Å². The first kappa shape index (κ1) is 21.4. The van der Waals surface area contributed by atoms with E-state index in [4.69, 9.17) is 9.47 Å². The normalized spacial score (nSPS) is 13.4. The van der Waals surface area contributed by atoms with E-state index < -0.39 is 0 Å². The lowest BCUT2D eigenvalue weighted by molar-refractivity contribution is -0.0222. The van der Waals surface area contributed by atoms with Gasteiger partial charge in [0.15, 0.2) is 0 Å². The monoisotopic (exact) mass is 310 g/mol. The molecule has 0 aromatic rings. The lowest BCUT2D eigenvalue weighted by atomic mass is 10.1. The van der Waals surface area contributed by atoms with Crippen LogP contribution >= 0.6 is 0 Å². The molecule has 0 aliphatic carbocycles. The van der Waals surface area contributed by atoms with Crippen molar-refractivity contribution in [3.05, 3.63) is 24.3 Å². The van der Waals surface area contributed by atoms with Gasteiger partial charge in [0, 0.05) is 13.2 Å². The average molecular weight is 311 g/mol. The maximum absolute atomic E-state index is 6.00. The fourth-order valence-electron chi connectivity index (χ4n) is 2.18. The lowest BCUT2D eigenvalue weighted by Gasteiger charge is -2.17. The van der Waals surface area contributed by atoms with Crippen LogP contribution in [0.3, 0.4) is 0 Å². The SMILES string of the molecule is CCC=CCCCOCC(CCCC)OCCCC=CCC. The minimum absolute atomic E-state index is 0.279. The second-order valence-corrected chi connectivity index (χ2v) is 5.75. The standard InChI is InChI=1S/C20H38O2/c1-4-7-10-12-14-17-21-19-20(16-9-6-3)22-18-15-13-11-8-5-2/h7-8,10-11,20H,4-6,9,12-19H2,1-3H3. The highest BCUT2D eigenvalue weighted by molar-refractivity contribution is 4.80. The molecule has 0 rings (SSSR count). The second-order valence-electron chi connectivity index (χ2n) is 5.75. The van der Waals surface area contributed by atoms with Crippen LogP contribution in [0.2, 0.25) is 0 Å². The summed E-state index contributed by atoms with van der Waals surface area (Å²) in [5, 5.41) is 0. The average Bonchev–Trinajstić information content (AvgIpc) is 2.54. The lowest BCUT2D eigenvalue weighted by Crippen LogP contribution is -2.21. The molecule has 0 aliphatic rings. The number of allylic oxidation sites excluding steroid dienone is 4. The van der Waals surface area contributed by atoms with Crippen molar-refractivity contribution in [2.24, 2.45) is 0 Å². The van der Waals surface area contributed by atoms with Crippen LogP contribution in [0.1, 0.15) is 78.6 Å². The van der Waals surface area contributed by atoms with Gasteiger partial charge in [0.2, 0.25) is 0 Å². The minimum Gasteiger partial charge on any atom is -0.379 e. The van der Waals surface area contributed by atoms with Crippen LogP contribution in [0.15, 0.2) is 24.3 Å². The molecule has 1 unspecified atom stereocenters. The molecule has 0 aromatic heterocycles. The Kier molecular flexibility index (Phi) is 17.9. The summed E-state index contributed by atoms with van der Waals surface area (Å²) in [6.07, 6.45) is 19.5. The van der Waals surface area contributed by atoms with Gasteiger partial charge in [0.1, 0.15) is 0 Å². The van der Waals surface area contributed by atoms with E-state index in [2.05, 4.69) is 45.1 Å². The molecule has 130 valence electrons. The predicted molar refractivity (Wildman–Crippen MR) is 97.4 cm³/mol. The Morgan fingerprint density at radius 3 is 2.00 bits per heavy atom. The molecule has 0 amide bonds. The fourth-order valence-corrected chi connectivity index (χ4v) is 2.18. The predicted octanol–water partition coefficient (Wildman–Crippen LogP) is 6.07. The van der Waals surface area contributed by atoms with Gasteiger partial charge in [-0.2, -0.15) is 0 Å². The number of unbranched alkanes of at least 4 members (excludes halogenated alkanes) is 3. The zero-order valence-corrected chi connectivity index (χ0v) is 15.2. The first-order valence-electron chi connectivity index (χ1n) is 9.34. The van der Waals surface area contributed by atoms with Crippen molar-refractivity contribution in [1.82, 2.24) is 0 Å². The molecule has 0 N–H and O–H groups in total. The third-order valence-corrected chi connectivity index (χ3v) is 3.52. The fraction of sp³-hybridized carbons (Fsp3) is 0.800. The van der Waals surface area contributed by atoms with E-state index in [1.165, 1.54) is 12.8 Å². The summed E-state index contributed by atoms with van der Waals surface area (Å²) in [6, 6.07) is 0. The molecule has 2 heteroatoms. The van der Waals surface area contributed by atoms with Crippen molar-refractivity contribution in [2.45, 2.75) is 84.7 Å². The maximum atomic E-state index is 6.00. The molecule has 0 radical (unpaired) electrons.